The first-order valence-corrected chi connectivity index (χ1v) is 8.61. The third-order valence-corrected chi connectivity index (χ3v) is 4.90. The molecular formula is C16H20BrN3O3. The molecule has 0 saturated heterocycles. The summed E-state index contributed by atoms with van der Waals surface area (Å²) in [6, 6.07) is 3.91. The molecule has 0 radical (unpaired) electrons. The van der Waals surface area contributed by atoms with E-state index in [2.05, 4.69) is 26.2 Å². The molecular weight excluding hydrogens is 362 g/mol. The van der Waals surface area contributed by atoms with E-state index in [4.69, 9.17) is 9.47 Å². The molecule has 23 heavy (non-hydrogen) atoms. The van der Waals surface area contributed by atoms with Crippen LogP contribution in [0.2, 0.25) is 0 Å². The van der Waals surface area contributed by atoms with Crippen LogP contribution < -0.4 is 4.74 Å². The van der Waals surface area contributed by atoms with E-state index >= 15 is 0 Å². The lowest BCUT2D eigenvalue weighted by atomic mass is 10.1. The molecule has 0 spiro atoms. The molecule has 7 heteroatoms. The van der Waals surface area contributed by atoms with Crippen LogP contribution in [-0.4, -0.2) is 34.7 Å². The van der Waals surface area contributed by atoms with Gasteiger partial charge in [0.2, 0.25) is 0 Å². The molecule has 1 heterocycles. The third kappa shape index (κ3) is 3.65. The Morgan fingerprint density at radius 1 is 1.48 bits per heavy atom. The lowest BCUT2D eigenvalue weighted by Gasteiger charge is -2.11. The highest BCUT2D eigenvalue weighted by Crippen LogP contribution is 2.34. The van der Waals surface area contributed by atoms with Crippen molar-refractivity contribution in [2.45, 2.75) is 32.7 Å². The number of benzene rings is 1. The van der Waals surface area contributed by atoms with Crippen LogP contribution in [0.5, 0.6) is 5.75 Å². The van der Waals surface area contributed by atoms with Crippen molar-refractivity contribution in [3.8, 4) is 5.75 Å². The quantitative estimate of drug-likeness (QED) is 0.689. The molecule has 1 aromatic carbocycles. The van der Waals surface area contributed by atoms with E-state index in [9.17, 15) is 4.79 Å². The molecule has 124 valence electrons. The summed E-state index contributed by atoms with van der Waals surface area (Å²) in [7, 11) is 1.40. The van der Waals surface area contributed by atoms with Crippen molar-refractivity contribution in [1.82, 2.24) is 15.0 Å². The number of nitrogens with zero attached hydrogens (tertiary/aromatic N) is 3. The van der Waals surface area contributed by atoms with Gasteiger partial charge in [-0.1, -0.05) is 12.1 Å². The van der Waals surface area contributed by atoms with E-state index in [1.807, 2.05) is 23.7 Å². The van der Waals surface area contributed by atoms with E-state index in [0.29, 0.717) is 18.8 Å². The van der Waals surface area contributed by atoms with Gasteiger partial charge in [-0.25, -0.2) is 4.68 Å². The molecule has 6 nitrogen and oxygen atoms in total. The van der Waals surface area contributed by atoms with Crippen molar-refractivity contribution in [3.63, 3.8) is 0 Å². The molecule has 1 fully saturated rings. The van der Waals surface area contributed by atoms with E-state index in [0.717, 1.165) is 28.0 Å². The fourth-order valence-corrected chi connectivity index (χ4v) is 2.97. The number of hydrogen-bond donors (Lipinski definition) is 0. The summed E-state index contributed by atoms with van der Waals surface area (Å²) in [5.74, 6) is 1.07. The molecule has 0 aliphatic heterocycles. The molecule has 1 saturated carbocycles. The van der Waals surface area contributed by atoms with Gasteiger partial charge < -0.3 is 9.47 Å². The van der Waals surface area contributed by atoms with Crippen LogP contribution in [0.15, 0.2) is 16.6 Å². The Morgan fingerprint density at radius 2 is 2.26 bits per heavy atom. The maximum absolute atomic E-state index is 11.4. The lowest BCUT2D eigenvalue weighted by molar-refractivity contribution is -0.145. The molecule has 2 aromatic rings. The summed E-state index contributed by atoms with van der Waals surface area (Å²) < 4.78 is 13.3. The average molecular weight is 382 g/mol. The number of fused-ring (bicyclic) bond motifs is 1. The number of ether oxygens (including phenoxy) is 2. The summed E-state index contributed by atoms with van der Waals surface area (Å²) in [4.78, 5) is 11.4. The van der Waals surface area contributed by atoms with Gasteiger partial charge in [0.1, 0.15) is 11.3 Å². The fraction of sp³-hybridized carbons (Fsp3) is 0.562. The van der Waals surface area contributed by atoms with E-state index < -0.39 is 0 Å². The molecule has 0 amide bonds. The first-order valence-electron chi connectivity index (χ1n) is 7.82. The largest absolute Gasteiger partial charge is 0.492 e. The maximum atomic E-state index is 11.4. The van der Waals surface area contributed by atoms with Gasteiger partial charge in [0.25, 0.3) is 0 Å². The molecule has 1 atom stereocenters. The average Bonchev–Trinajstić information content (AvgIpc) is 3.27. The Bertz CT molecular complexity index is 712. The second-order valence-electron chi connectivity index (χ2n) is 6.02. The summed E-state index contributed by atoms with van der Waals surface area (Å²) >= 11 is 3.55. The number of hydrogen-bond acceptors (Lipinski definition) is 5. The maximum Gasteiger partial charge on any atom is 0.308 e. The van der Waals surface area contributed by atoms with Gasteiger partial charge in [-0.2, -0.15) is 0 Å². The monoisotopic (exact) mass is 381 g/mol. The number of rotatable bonds is 7. The van der Waals surface area contributed by atoms with Crippen LogP contribution in [0.3, 0.4) is 0 Å². The van der Waals surface area contributed by atoms with E-state index in [-0.39, 0.29) is 11.9 Å². The standard InChI is InChI=1S/C16H20BrN3O3/c1-10(16(21)22-2)7-8-23-13-6-5-12-15(14(13)17)18-19-20(12)9-11-3-4-11/h5-6,10-11H,3-4,7-9H2,1-2H3. The third-order valence-electron chi connectivity index (χ3n) is 4.13. The topological polar surface area (TPSA) is 66.2 Å². The number of methoxy groups -OCH3 is 1. The van der Waals surface area contributed by atoms with E-state index in [1.165, 1.54) is 20.0 Å². The molecule has 1 aliphatic rings. The van der Waals surface area contributed by atoms with Crippen LogP contribution >= 0.6 is 15.9 Å². The predicted octanol–water partition coefficient (Wildman–Crippen LogP) is 3.18. The highest BCUT2D eigenvalue weighted by Gasteiger charge is 2.24. The second-order valence-corrected chi connectivity index (χ2v) is 6.81. The minimum atomic E-state index is -0.217. The van der Waals surface area contributed by atoms with Crippen LogP contribution in [0.1, 0.15) is 26.2 Å². The Labute approximate surface area is 143 Å². The number of aromatic nitrogens is 3. The Kier molecular flexibility index (Phi) is 4.84. The SMILES string of the molecule is COC(=O)C(C)CCOc1ccc2c(nnn2CC2CC2)c1Br. The van der Waals surface area contributed by atoms with Crippen molar-refractivity contribution in [1.29, 1.82) is 0 Å². The second kappa shape index (κ2) is 6.86. The number of carbonyl (C=O) groups is 1. The normalized spacial score (nSPS) is 15.6. The first kappa shape index (κ1) is 16.2. The number of carbonyl (C=O) groups excluding carboxylic acids is 1. The molecule has 0 N–H and O–H groups in total. The Hall–Kier alpha value is -1.63. The molecule has 1 aromatic heterocycles. The Balaban J connectivity index is 1.67. The van der Waals surface area contributed by atoms with Gasteiger partial charge in [-0.05, 0) is 53.2 Å². The van der Waals surface area contributed by atoms with Crippen molar-refractivity contribution in [2.75, 3.05) is 13.7 Å². The highest BCUT2D eigenvalue weighted by atomic mass is 79.9. The smallest absolute Gasteiger partial charge is 0.308 e. The van der Waals surface area contributed by atoms with Gasteiger partial charge in [0.15, 0.2) is 0 Å². The van der Waals surface area contributed by atoms with Crippen molar-refractivity contribution in [3.05, 3.63) is 16.6 Å². The zero-order chi connectivity index (χ0) is 16.4. The molecule has 1 aliphatic carbocycles. The zero-order valence-corrected chi connectivity index (χ0v) is 14.9. The summed E-state index contributed by atoms with van der Waals surface area (Å²) in [5.41, 5.74) is 1.82. The van der Waals surface area contributed by atoms with Crippen LogP contribution in [0, 0.1) is 11.8 Å². The summed E-state index contributed by atoms with van der Waals surface area (Å²) in [5, 5.41) is 8.50. The minimum absolute atomic E-state index is 0.179. The van der Waals surface area contributed by atoms with Crippen molar-refractivity contribution >= 4 is 32.9 Å². The molecule has 1 unspecified atom stereocenters. The first-order chi connectivity index (χ1) is 11.1. The number of esters is 1. The summed E-state index contributed by atoms with van der Waals surface area (Å²) in [6.45, 7) is 3.20. The lowest BCUT2D eigenvalue weighted by Crippen LogP contribution is -2.15. The van der Waals surface area contributed by atoms with Gasteiger partial charge in [0, 0.05) is 6.54 Å². The minimum Gasteiger partial charge on any atom is -0.492 e. The number of halogens is 1. The van der Waals surface area contributed by atoms with Gasteiger partial charge in [0.05, 0.1) is 29.6 Å². The van der Waals surface area contributed by atoms with Gasteiger partial charge in [-0.3, -0.25) is 4.79 Å². The molecule has 0 bridgehead atoms. The highest BCUT2D eigenvalue weighted by molar-refractivity contribution is 9.10. The van der Waals surface area contributed by atoms with Crippen LogP contribution in [0.25, 0.3) is 11.0 Å². The van der Waals surface area contributed by atoms with Gasteiger partial charge >= 0.3 is 5.97 Å². The van der Waals surface area contributed by atoms with Crippen LogP contribution in [0.4, 0.5) is 0 Å². The van der Waals surface area contributed by atoms with Crippen LogP contribution in [-0.2, 0) is 16.1 Å². The Morgan fingerprint density at radius 3 is 2.96 bits per heavy atom. The zero-order valence-electron chi connectivity index (χ0n) is 13.3. The summed E-state index contributed by atoms with van der Waals surface area (Å²) in [6.07, 6.45) is 3.16. The fourth-order valence-electron chi connectivity index (χ4n) is 2.44. The molecule has 3 rings (SSSR count). The van der Waals surface area contributed by atoms with E-state index in [1.54, 1.807) is 0 Å². The van der Waals surface area contributed by atoms with Crippen molar-refractivity contribution < 1.29 is 14.3 Å². The predicted molar refractivity (Wildman–Crippen MR) is 89.2 cm³/mol. The van der Waals surface area contributed by atoms with Crippen molar-refractivity contribution in [2.24, 2.45) is 11.8 Å². The van der Waals surface area contributed by atoms with Gasteiger partial charge in [-0.15, -0.1) is 5.10 Å².